The molecule has 0 bridgehead atoms. The number of para-hydroxylation sites is 1. The van der Waals surface area contributed by atoms with Gasteiger partial charge in [0.1, 0.15) is 5.75 Å². The first-order valence-electron chi connectivity index (χ1n) is 7.23. The molecule has 0 saturated carbocycles. The Morgan fingerprint density at radius 1 is 1.05 bits per heavy atom. The lowest BCUT2D eigenvalue weighted by Crippen LogP contribution is -2.20. The molecule has 3 heteroatoms. The van der Waals surface area contributed by atoms with Gasteiger partial charge in [0, 0.05) is 29.3 Å². The first-order valence-corrected chi connectivity index (χ1v) is 7.23. The van der Waals surface area contributed by atoms with E-state index in [1.54, 1.807) is 0 Å². The van der Waals surface area contributed by atoms with Crippen molar-refractivity contribution >= 4 is 16.6 Å². The Labute approximate surface area is 123 Å². The van der Waals surface area contributed by atoms with Crippen LogP contribution in [0.2, 0.25) is 0 Å². The molecule has 1 aromatic heterocycles. The highest BCUT2D eigenvalue weighted by atomic mass is 16.5. The summed E-state index contributed by atoms with van der Waals surface area (Å²) >= 11 is 0. The number of ether oxygens (including phenoxy) is 1. The number of hydrogen-bond acceptors (Lipinski definition) is 3. The SMILES string of the molecule is c1ccc2c(c1)OCCC2Nc1ccc2ncccc2c1. The molecule has 4 rings (SSSR count). The van der Waals surface area contributed by atoms with Crippen LogP contribution in [0.15, 0.2) is 60.8 Å². The smallest absolute Gasteiger partial charge is 0.124 e. The summed E-state index contributed by atoms with van der Waals surface area (Å²) in [5, 5.41) is 4.78. The van der Waals surface area contributed by atoms with Crippen LogP contribution in [0.4, 0.5) is 5.69 Å². The molecule has 21 heavy (non-hydrogen) atoms. The van der Waals surface area contributed by atoms with Gasteiger partial charge in [-0.25, -0.2) is 0 Å². The number of fused-ring (bicyclic) bond motifs is 2. The Morgan fingerprint density at radius 2 is 2.00 bits per heavy atom. The normalized spacial score (nSPS) is 17.0. The predicted molar refractivity (Wildman–Crippen MR) is 84.7 cm³/mol. The molecule has 104 valence electrons. The van der Waals surface area contributed by atoms with Gasteiger partial charge in [-0.15, -0.1) is 0 Å². The van der Waals surface area contributed by atoms with Crippen LogP contribution in [0.3, 0.4) is 0 Å². The van der Waals surface area contributed by atoms with Crippen LogP contribution in [0.25, 0.3) is 10.9 Å². The van der Waals surface area contributed by atoms with Crippen molar-refractivity contribution in [3.05, 3.63) is 66.4 Å². The summed E-state index contributed by atoms with van der Waals surface area (Å²) in [7, 11) is 0. The number of aromatic nitrogens is 1. The zero-order valence-electron chi connectivity index (χ0n) is 11.6. The van der Waals surface area contributed by atoms with Gasteiger partial charge in [-0.05, 0) is 30.3 Å². The molecule has 2 aromatic carbocycles. The maximum atomic E-state index is 5.71. The van der Waals surface area contributed by atoms with E-state index in [4.69, 9.17) is 4.74 Å². The topological polar surface area (TPSA) is 34.1 Å². The van der Waals surface area contributed by atoms with Crippen LogP contribution in [0.1, 0.15) is 18.0 Å². The third-order valence-corrected chi connectivity index (χ3v) is 3.90. The molecule has 1 aliphatic rings. The second-order valence-corrected chi connectivity index (χ2v) is 5.28. The van der Waals surface area contributed by atoms with E-state index in [1.165, 1.54) is 5.56 Å². The number of hydrogen-bond donors (Lipinski definition) is 1. The summed E-state index contributed by atoms with van der Waals surface area (Å²) in [6, 6.07) is 18.9. The molecule has 3 aromatic rings. The minimum atomic E-state index is 0.295. The largest absolute Gasteiger partial charge is 0.493 e. The van der Waals surface area contributed by atoms with E-state index in [0.29, 0.717) is 6.04 Å². The summed E-state index contributed by atoms with van der Waals surface area (Å²) < 4.78 is 5.71. The molecular formula is C18H16N2O. The van der Waals surface area contributed by atoms with Crippen molar-refractivity contribution in [2.24, 2.45) is 0 Å². The second-order valence-electron chi connectivity index (χ2n) is 5.28. The molecule has 0 spiro atoms. The van der Waals surface area contributed by atoms with Gasteiger partial charge in [0.15, 0.2) is 0 Å². The van der Waals surface area contributed by atoms with Crippen LogP contribution in [0, 0.1) is 0 Å². The Hall–Kier alpha value is -2.55. The van der Waals surface area contributed by atoms with Crippen molar-refractivity contribution in [2.75, 3.05) is 11.9 Å². The molecular weight excluding hydrogens is 260 g/mol. The lowest BCUT2D eigenvalue weighted by Gasteiger charge is -2.27. The highest BCUT2D eigenvalue weighted by Gasteiger charge is 2.20. The minimum absolute atomic E-state index is 0.295. The summed E-state index contributed by atoms with van der Waals surface area (Å²) in [6.45, 7) is 0.754. The van der Waals surface area contributed by atoms with Gasteiger partial charge in [-0.2, -0.15) is 0 Å². The van der Waals surface area contributed by atoms with E-state index in [-0.39, 0.29) is 0 Å². The first kappa shape index (κ1) is 12.2. The van der Waals surface area contributed by atoms with Crippen LogP contribution < -0.4 is 10.1 Å². The van der Waals surface area contributed by atoms with E-state index in [0.717, 1.165) is 35.4 Å². The zero-order chi connectivity index (χ0) is 14.1. The maximum Gasteiger partial charge on any atom is 0.124 e. The molecule has 1 atom stereocenters. The van der Waals surface area contributed by atoms with Crippen LogP contribution in [-0.2, 0) is 0 Å². The van der Waals surface area contributed by atoms with Crippen molar-refractivity contribution in [1.29, 1.82) is 0 Å². The molecule has 0 fully saturated rings. The number of rotatable bonds is 2. The van der Waals surface area contributed by atoms with E-state index in [1.807, 2.05) is 24.4 Å². The molecule has 0 radical (unpaired) electrons. The van der Waals surface area contributed by atoms with E-state index in [9.17, 15) is 0 Å². The maximum absolute atomic E-state index is 5.71. The summed E-state index contributed by atoms with van der Waals surface area (Å²) in [5.74, 6) is 0.990. The summed E-state index contributed by atoms with van der Waals surface area (Å²) in [6.07, 6.45) is 2.80. The van der Waals surface area contributed by atoms with Gasteiger partial charge in [-0.3, -0.25) is 4.98 Å². The van der Waals surface area contributed by atoms with Crippen molar-refractivity contribution in [2.45, 2.75) is 12.5 Å². The fourth-order valence-corrected chi connectivity index (χ4v) is 2.86. The highest BCUT2D eigenvalue weighted by Crippen LogP contribution is 2.34. The molecule has 1 N–H and O–H groups in total. The number of pyridine rings is 1. The minimum Gasteiger partial charge on any atom is -0.493 e. The molecule has 0 amide bonds. The van der Waals surface area contributed by atoms with E-state index < -0.39 is 0 Å². The Balaban J connectivity index is 1.66. The number of nitrogens with zero attached hydrogens (tertiary/aromatic N) is 1. The van der Waals surface area contributed by atoms with Gasteiger partial charge >= 0.3 is 0 Å². The standard InChI is InChI=1S/C18H16N2O/c1-2-6-18-15(5-1)17(9-11-21-18)20-14-7-8-16-13(12-14)4-3-10-19-16/h1-8,10,12,17,20H,9,11H2. The fraction of sp³-hybridized carbons (Fsp3) is 0.167. The number of benzene rings is 2. The van der Waals surface area contributed by atoms with Gasteiger partial charge < -0.3 is 10.1 Å². The molecule has 0 saturated heterocycles. The average molecular weight is 276 g/mol. The molecule has 3 nitrogen and oxygen atoms in total. The Morgan fingerprint density at radius 3 is 3.00 bits per heavy atom. The third-order valence-electron chi connectivity index (χ3n) is 3.90. The summed E-state index contributed by atoms with van der Waals surface area (Å²) in [4.78, 5) is 4.36. The number of nitrogens with one attached hydrogen (secondary N) is 1. The molecule has 1 unspecified atom stereocenters. The second kappa shape index (κ2) is 5.09. The van der Waals surface area contributed by atoms with Crippen LogP contribution in [0.5, 0.6) is 5.75 Å². The van der Waals surface area contributed by atoms with Crippen molar-refractivity contribution in [3.63, 3.8) is 0 Å². The van der Waals surface area contributed by atoms with Gasteiger partial charge in [0.2, 0.25) is 0 Å². The van der Waals surface area contributed by atoms with Crippen LogP contribution >= 0.6 is 0 Å². The number of anilines is 1. The quantitative estimate of drug-likeness (QED) is 0.762. The Bertz CT molecular complexity index is 785. The van der Waals surface area contributed by atoms with Crippen molar-refractivity contribution in [1.82, 2.24) is 4.98 Å². The Kier molecular flexibility index (Phi) is 2.96. The fourth-order valence-electron chi connectivity index (χ4n) is 2.86. The average Bonchev–Trinajstić information content (AvgIpc) is 2.55. The zero-order valence-corrected chi connectivity index (χ0v) is 11.6. The third kappa shape index (κ3) is 2.31. The monoisotopic (exact) mass is 276 g/mol. The van der Waals surface area contributed by atoms with E-state index in [2.05, 4.69) is 46.7 Å². The summed E-state index contributed by atoms with van der Waals surface area (Å²) in [5.41, 5.74) is 3.38. The molecule has 2 heterocycles. The van der Waals surface area contributed by atoms with E-state index >= 15 is 0 Å². The lowest BCUT2D eigenvalue weighted by molar-refractivity contribution is 0.274. The molecule has 0 aliphatic carbocycles. The van der Waals surface area contributed by atoms with Crippen LogP contribution in [-0.4, -0.2) is 11.6 Å². The van der Waals surface area contributed by atoms with Crippen molar-refractivity contribution < 1.29 is 4.74 Å². The van der Waals surface area contributed by atoms with Crippen molar-refractivity contribution in [3.8, 4) is 5.75 Å². The van der Waals surface area contributed by atoms with Gasteiger partial charge in [-0.1, -0.05) is 24.3 Å². The highest BCUT2D eigenvalue weighted by molar-refractivity contribution is 5.82. The van der Waals surface area contributed by atoms with Gasteiger partial charge in [0.25, 0.3) is 0 Å². The molecule has 1 aliphatic heterocycles. The lowest BCUT2D eigenvalue weighted by atomic mass is 10.00. The predicted octanol–water partition coefficient (Wildman–Crippen LogP) is 4.17. The van der Waals surface area contributed by atoms with Gasteiger partial charge in [0.05, 0.1) is 18.2 Å². The first-order chi connectivity index (χ1) is 10.4.